The minimum absolute atomic E-state index is 0.127. The van der Waals surface area contributed by atoms with Gasteiger partial charge in [0.2, 0.25) is 0 Å². The van der Waals surface area contributed by atoms with E-state index in [2.05, 4.69) is 9.97 Å². The summed E-state index contributed by atoms with van der Waals surface area (Å²) >= 11 is 6.04. The zero-order valence-corrected chi connectivity index (χ0v) is 9.04. The molecule has 0 saturated heterocycles. The Morgan fingerprint density at radius 3 is 3.00 bits per heavy atom. The highest BCUT2D eigenvalue weighted by molar-refractivity contribution is 6.32. The van der Waals surface area contributed by atoms with Crippen LogP contribution in [0.25, 0.3) is 11.0 Å². The number of aliphatic hydroxyl groups is 1. The van der Waals surface area contributed by atoms with Crippen molar-refractivity contribution in [3.8, 4) is 0 Å². The van der Waals surface area contributed by atoms with Crippen molar-refractivity contribution >= 4 is 22.6 Å². The normalized spacial score (nSPS) is 13.3. The fraction of sp³-hybridized carbons (Fsp3) is 0.300. The van der Waals surface area contributed by atoms with Crippen LogP contribution in [0.1, 0.15) is 17.4 Å². The fourth-order valence-electron chi connectivity index (χ4n) is 1.56. The van der Waals surface area contributed by atoms with Crippen molar-refractivity contribution in [2.24, 2.45) is 5.73 Å². The first-order chi connectivity index (χ1) is 7.11. The third-order valence-electron chi connectivity index (χ3n) is 2.31. The number of aliphatic hydroxyl groups excluding tert-OH is 1. The van der Waals surface area contributed by atoms with E-state index in [4.69, 9.17) is 22.4 Å². The van der Waals surface area contributed by atoms with Crippen molar-refractivity contribution < 1.29 is 5.11 Å². The maximum atomic E-state index is 8.98. The number of aryl methyl sites for hydroxylation is 1. The lowest BCUT2D eigenvalue weighted by Gasteiger charge is -2.10. The number of hydrogen-bond acceptors (Lipinski definition) is 3. The number of fused-ring (bicyclic) bond motifs is 1. The SMILES string of the molecule is Cc1nc2cc(Cl)c(C(N)CO)cc2[nH]1. The van der Waals surface area contributed by atoms with Crippen LogP contribution in [0.2, 0.25) is 5.02 Å². The number of hydrogen-bond donors (Lipinski definition) is 3. The molecule has 4 nitrogen and oxygen atoms in total. The van der Waals surface area contributed by atoms with Crippen molar-refractivity contribution in [3.05, 3.63) is 28.5 Å². The van der Waals surface area contributed by atoms with Crippen LogP contribution in [0.5, 0.6) is 0 Å². The predicted molar refractivity (Wildman–Crippen MR) is 59.9 cm³/mol. The summed E-state index contributed by atoms with van der Waals surface area (Å²) in [6, 6.07) is 3.13. The second kappa shape index (κ2) is 3.81. The molecule has 2 rings (SSSR count). The molecule has 0 aliphatic heterocycles. The van der Waals surface area contributed by atoms with Gasteiger partial charge in [0.1, 0.15) is 5.82 Å². The number of nitrogens with two attached hydrogens (primary N) is 1. The standard InChI is InChI=1S/C10H12ClN3O/c1-5-13-9-2-6(8(12)4-15)7(11)3-10(9)14-5/h2-3,8,15H,4,12H2,1H3,(H,13,14). The minimum atomic E-state index is -0.453. The van der Waals surface area contributed by atoms with Gasteiger partial charge in [-0.3, -0.25) is 0 Å². The van der Waals surface area contributed by atoms with E-state index in [1.807, 2.05) is 13.0 Å². The largest absolute Gasteiger partial charge is 0.394 e. The molecule has 1 atom stereocenters. The topological polar surface area (TPSA) is 74.9 Å². The Kier molecular flexibility index (Phi) is 2.65. The molecule has 5 heteroatoms. The molecule has 0 aliphatic rings. The van der Waals surface area contributed by atoms with Crippen molar-refractivity contribution in [3.63, 3.8) is 0 Å². The Bertz CT molecular complexity index is 495. The lowest BCUT2D eigenvalue weighted by atomic mass is 10.1. The summed E-state index contributed by atoms with van der Waals surface area (Å²) in [5.41, 5.74) is 8.15. The molecular weight excluding hydrogens is 214 g/mol. The van der Waals surface area contributed by atoms with E-state index in [-0.39, 0.29) is 6.61 Å². The number of nitrogens with zero attached hydrogens (tertiary/aromatic N) is 1. The van der Waals surface area contributed by atoms with Gasteiger partial charge in [-0.25, -0.2) is 4.98 Å². The van der Waals surface area contributed by atoms with Crippen molar-refractivity contribution in [1.29, 1.82) is 0 Å². The minimum Gasteiger partial charge on any atom is -0.394 e. The Morgan fingerprint density at radius 1 is 1.60 bits per heavy atom. The van der Waals surface area contributed by atoms with Crippen LogP contribution in [-0.4, -0.2) is 21.7 Å². The monoisotopic (exact) mass is 225 g/mol. The number of H-pyrrole nitrogens is 1. The van der Waals surface area contributed by atoms with Crippen LogP contribution in [-0.2, 0) is 0 Å². The van der Waals surface area contributed by atoms with Crippen LogP contribution in [0.3, 0.4) is 0 Å². The molecule has 1 heterocycles. The van der Waals surface area contributed by atoms with E-state index in [1.165, 1.54) is 0 Å². The number of rotatable bonds is 2. The summed E-state index contributed by atoms with van der Waals surface area (Å²) in [7, 11) is 0. The molecule has 15 heavy (non-hydrogen) atoms. The predicted octanol–water partition coefficient (Wildman–Crippen LogP) is 1.52. The second-order valence-corrected chi connectivity index (χ2v) is 3.91. The summed E-state index contributed by atoms with van der Waals surface area (Å²) in [5, 5.41) is 9.52. The number of benzene rings is 1. The molecule has 0 bridgehead atoms. The van der Waals surface area contributed by atoms with Gasteiger partial charge in [-0.15, -0.1) is 0 Å². The van der Waals surface area contributed by atoms with Gasteiger partial charge in [0.15, 0.2) is 0 Å². The van der Waals surface area contributed by atoms with Gasteiger partial charge in [-0.05, 0) is 24.6 Å². The Hall–Kier alpha value is -1.10. The lowest BCUT2D eigenvalue weighted by molar-refractivity contribution is 0.268. The summed E-state index contributed by atoms with van der Waals surface area (Å²) in [6.07, 6.45) is 0. The number of aromatic amines is 1. The molecular formula is C10H12ClN3O. The number of halogens is 1. The van der Waals surface area contributed by atoms with Gasteiger partial charge in [-0.2, -0.15) is 0 Å². The Morgan fingerprint density at radius 2 is 2.33 bits per heavy atom. The van der Waals surface area contributed by atoms with E-state index in [1.54, 1.807) is 6.07 Å². The average molecular weight is 226 g/mol. The molecule has 1 aromatic carbocycles. The van der Waals surface area contributed by atoms with Gasteiger partial charge >= 0.3 is 0 Å². The highest BCUT2D eigenvalue weighted by Gasteiger charge is 2.11. The Balaban J connectivity index is 2.60. The van der Waals surface area contributed by atoms with E-state index in [9.17, 15) is 0 Å². The first kappa shape index (κ1) is 10.4. The molecule has 4 N–H and O–H groups in total. The van der Waals surface area contributed by atoms with Crippen LogP contribution < -0.4 is 5.73 Å². The van der Waals surface area contributed by atoms with E-state index >= 15 is 0 Å². The highest BCUT2D eigenvalue weighted by Crippen LogP contribution is 2.26. The van der Waals surface area contributed by atoms with Crippen LogP contribution in [0.15, 0.2) is 12.1 Å². The molecule has 0 fully saturated rings. The fourth-order valence-corrected chi connectivity index (χ4v) is 1.86. The maximum Gasteiger partial charge on any atom is 0.104 e. The zero-order valence-electron chi connectivity index (χ0n) is 8.29. The lowest BCUT2D eigenvalue weighted by Crippen LogP contribution is -2.14. The summed E-state index contributed by atoms with van der Waals surface area (Å²) in [4.78, 5) is 7.36. The summed E-state index contributed by atoms with van der Waals surface area (Å²) < 4.78 is 0. The van der Waals surface area contributed by atoms with E-state index < -0.39 is 6.04 Å². The smallest absolute Gasteiger partial charge is 0.104 e. The number of aromatic nitrogens is 2. The van der Waals surface area contributed by atoms with Crippen LogP contribution in [0, 0.1) is 6.92 Å². The summed E-state index contributed by atoms with van der Waals surface area (Å²) in [6.45, 7) is 1.75. The van der Waals surface area contributed by atoms with Crippen molar-refractivity contribution in [2.45, 2.75) is 13.0 Å². The van der Waals surface area contributed by atoms with Crippen LogP contribution in [0.4, 0.5) is 0 Å². The van der Waals surface area contributed by atoms with Crippen molar-refractivity contribution in [1.82, 2.24) is 9.97 Å². The van der Waals surface area contributed by atoms with Crippen molar-refractivity contribution in [2.75, 3.05) is 6.61 Å². The third kappa shape index (κ3) is 1.84. The molecule has 2 aromatic rings. The highest BCUT2D eigenvalue weighted by atomic mass is 35.5. The summed E-state index contributed by atoms with van der Waals surface area (Å²) in [5.74, 6) is 0.829. The van der Waals surface area contributed by atoms with E-state index in [0.717, 1.165) is 22.4 Å². The molecule has 0 aliphatic carbocycles. The average Bonchev–Trinajstić information content (AvgIpc) is 2.55. The Labute approximate surface area is 92.1 Å². The first-order valence-electron chi connectivity index (χ1n) is 4.64. The molecule has 0 radical (unpaired) electrons. The first-order valence-corrected chi connectivity index (χ1v) is 5.02. The molecule has 1 aromatic heterocycles. The molecule has 1 unspecified atom stereocenters. The quantitative estimate of drug-likeness (QED) is 0.726. The number of nitrogens with one attached hydrogen (secondary N) is 1. The van der Waals surface area contributed by atoms with Gasteiger partial charge < -0.3 is 15.8 Å². The van der Waals surface area contributed by atoms with Gasteiger partial charge in [0, 0.05) is 5.02 Å². The molecule has 0 amide bonds. The molecule has 80 valence electrons. The van der Waals surface area contributed by atoms with Gasteiger partial charge in [0.25, 0.3) is 0 Å². The molecule has 0 saturated carbocycles. The molecule has 0 spiro atoms. The van der Waals surface area contributed by atoms with E-state index in [0.29, 0.717) is 5.02 Å². The maximum absolute atomic E-state index is 8.98. The second-order valence-electron chi connectivity index (χ2n) is 3.50. The van der Waals surface area contributed by atoms with Gasteiger partial charge in [0.05, 0.1) is 23.7 Å². The number of imidazole rings is 1. The third-order valence-corrected chi connectivity index (χ3v) is 2.64. The van der Waals surface area contributed by atoms with Crippen LogP contribution >= 0.6 is 11.6 Å². The van der Waals surface area contributed by atoms with Gasteiger partial charge in [-0.1, -0.05) is 11.6 Å². The zero-order chi connectivity index (χ0) is 11.0.